The van der Waals surface area contributed by atoms with Crippen LogP contribution in [0.1, 0.15) is 37.0 Å². The lowest BCUT2D eigenvalue weighted by Gasteiger charge is -2.17. The Balaban J connectivity index is 1.93. The van der Waals surface area contributed by atoms with Gasteiger partial charge in [-0.3, -0.25) is 0 Å². The van der Waals surface area contributed by atoms with E-state index >= 15 is 0 Å². The third-order valence-electron chi connectivity index (χ3n) is 5.36. The van der Waals surface area contributed by atoms with Gasteiger partial charge in [-0.15, -0.1) is 0 Å². The second-order valence-corrected chi connectivity index (χ2v) is 7.42. The zero-order valence-electron chi connectivity index (χ0n) is 17.6. The Morgan fingerprint density at radius 3 is 2.29 bits per heavy atom. The average Bonchev–Trinajstić information content (AvgIpc) is 3.22. The molecule has 0 radical (unpaired) electrons. The zero-order valence-corrected chi connectivity index (χ0v) is 17.6. The molecule has 154 valence electrons. The van der Waals surface area contributed by atoms with Crippen LogP contribution in [0.15, 0.2) is 90.6 Å². The monoisotopic (exact) mass is 408 g/mol. The van der Waals surface area contributed by atoms with Crippen molar-refractivity contribution in [3.8, 4) is 0 Å². The Labute approximate surface area is 181 Å². The van der Waals surface area contributed by atoms with Crippen molar-refractivity contribution in [2.45, 2.75) is 20.3 Å². The Morgan fingerprint density at radius 1 is 0.935 bits per heavy atom. The van der Waals surface area contributed by atoms with Gasteiger partial charge in [0.2, 0.25) is 0 Å². The highest BCUT2D eigenvalue weighted by atomic mass is 16.4. The molecule has 0 bridgehead atoms. The van der Waals surface area contributed by atoms with Crippen LogP contribution in [-0.4, -0.2) is 20.9 Å². The molecule has 3 aromatic carbocycles. The Morgan fingerprint density at radius 2 is 1.61 bits per heavy atom. The summed E-state index contributed by atoms with van der Waals surface area (Å²) in [6.45, 7) is 3.75. The SMILES string of the molecule is CCC(=C(c1ccc(C=C(C)C(=O)O)cc1)n1ncc2ccccc21)c1ccccc1. The molecular formula is C27H24N2O2. The van der Waals surface area contributed by atoms with E-state index in [2.05, 4.69) is 31.2 Å². The Hall–Kier alpha value is -3.92. The van der Waals surface area contributed by atoms with E-state index in [9.17, 15) is 4.79 Å². The van der Waals surface area contributed by atoms with Gasteiger partial charge in [0.1, 0.15) is 0 Å². The van der Waals surface area contributed by atoms with Gasteiger partial charge in [-0.2, -0.15) is 5.10 Å². The van der Waals surface area contributed by atoms with E-state index in [-0.39, 0.29) is 0 Å². The molecule has 0 fully saturated rings. The molecule has 1 aromatic heterocycles. The summed E-state index contributed by atoms with van der Waals surface area (Å²) in [5.41, 5.74) is 6.61. The summed E-state index contributed by atoms with van der Waals surface area (Å²) < 4.78 is 2.01. The molecule has 0 atom stereocenters. The minimum atomic E-state index is -0.912. The fourth-order valence-electron chi connectivity index (χ4n) is 3.77. The molecule has 1 N–H and O–H groups in total. The third-order valence-corrected chi connectivity index (χ3v) is 5.36. The van der Waals surface area contributed by atoms with E-state index < -0.39 is 5.97 Å². The van der Waals surface area contributed by atoms with Crippen molar-refractivity contribution in [1.82, 2.24) is 9.78 Å². The molecule has 0 amide bonds. The summed E-state index contributed by atoms with van der Waals surface area (Å²) in [6, 6.07) is 26.5. The molecule has 0 aliphatic rings. The minimum Gasteiger partial charge on any atom is -0.478 e. The first-order chi connectivity index (χ1) is 15.1. The number of fused-ring (bicyclic) bond motifs is 1. The average molecular weight is 409 g/mol. The number of allylic oxidation sites excluding steroid dienone is 1. The van der Waals surface area contributed by atoms with Gasteiger partial charge < -0.3 is 5.11 Å². The normalized spacial score (nSPS) is 12.6. The van der Waals surface area contributed by atoms with E-state index in [0.29, 0.717) is 5.57 Å². The Kier molecular flexibility index (Phi) is 5.80. The van der Waals surface area contributed by atoms with Crippen LogP contribution in [0.25, 0.3) is 28.2 Å². The van der Waals surface area contributed by atoms with Crippen LogP contribution in [0, 0.1) is 0 Å². The van der Waals surface area contributed by atoms with Crippen LogP contribution in [0.4, 0.5) is 0 Å². The number of carboxylic acid groups (broad SMARTS) is 1. The largest absolute Gasteiger partial charge is 0.478 e. The molecule has 0 aliphatic carbocycles. The lowest BCUT2D eigenvalue weighted by Crippen LogP contribution is -2.05. The number of hydrogen-bond donors (Lipinski definition) is 1. The number of aromatic nitrogens is 2. The van der Waals surface area contributed by atoms with Crippen LogP contribution in [0.5, 0.6) is 0 Å². The van der Waals surface area contributed by atoms with E-state index in [1.807, 2.05) is 65.5 Å². The van der Waals surface area contributed by atoms with Gasteiger partial charge in [-0.1, -0.05) is 79.7 Å². The second kappa shape index (κ2) is 8.84. The van der Waals surface area contributed by atoms with Crippen molar-refractivity contribution in [2.75, 3.05) is 0 Å². The highest BCUT2D eigenvalue weighted by Gasteiger charge is 2.16. The van der Waals surface area contributed by atoms with Crippen molar-refractivity contribution in [1.29, 1.82) is 0 Å². The maximum atomic E-state index is 11.2. The topological polar surface area (TPSA) is 55.1 Å². The first-order valence-corrected chi connectivity index (χ1v) is 10.3. The maximum Gasteiger partial charge on any atom is 0.331 e. The lowest BCUT2D eigenvalue weighted by molar-refractivity contribution is -0.132. The molecular weight excluding hydrogens is 384 g/mol. The highest BCUT2D eigenvalue weighted by Crippen LogP contribution is 2.32. The summed E-state index contributed by atoms with van der Waals surface area (Å²) >= 11 is 0. The molecule has 4 nitrogen and oxygen atoms in total. The van der Waals surface area contributed by atoms with Crippen LogP contribution in [-0.2, 0) is 4.79 Å². The first-order valence-electron chi connectivity index (χ1n) is 10.3. The lowest BCUT2D eigenvalue weighted by atomic mass is 9.96. The van der Waals surface area contributed by atoms with Gasteiger partial charge >= 0.3 is 5.97 Å². The van der Waals surface area contributed by atoms with Gasteiger partial charge in [0.25, 0.3) is 0 Å². The number of hydrogen-bond acceptors (Lipinski definition) is 2. The number of rotatable bonds is 6. The van der Waals surface area contributed by atoms with Crippen LogP contribution < -0.4 is 0 Å². The van der Waals surface area contributed by atoms with Gasteiger partial charge in [0.15, 0.2) is 0 Å². The van der Waals surface area contributed by atoms with Crippen molar-refractivity contribution in [3.05, 3.63) is 107 Å². The molecule has 0 aliphatic heterocycles. The Bertz CT molecular complexity index is 1280. The van der Waals surface area contributed by atoms with Gasteiger partial charge in [0, 0.05) is 16.5 Å². The van der Waals surface area contributed by atoms with Gasteiger partial charge in [0.05, 0.1) is 17.4 Å². The zero-order chi connectivity index (χ0) is 21.8. The molecule has 1 heterocycles. The standard InChI is InChI=1S/C27H24N2O2/c1-3-24(21-9-5-4-6-10-21)26(29-25-12-8-7-11-23(25)18-28-29)22-15-13-20(14-16-22)17-19(2)27(30)31/h4-18H,3H2,1-2H3,(H,30,31). The van der Waals surface area contributed by atoms with Gasteiger partial charge in [-0.05, 0) is 42.2 Å². The van der Waals surface area contributed by atoms with E-state index in [1.54, 1.807) is 13.0 Å². The quantitative estimate of drug-likeness (QED) is 0.299. The summed E-state index contributed by atoms with van der Waals surface area (Å²) in [7, 11) is 0. The fourth-order valence-corrected chi connectivity index (χ4v) is 3.77. The predicted octanol–water partition coefficient (Wildman–Crippen LogP) is 6.35. The number of carbonyl (C=O) groups is 1. The molecule has 0 saturated carbocycles. The molecule has 0 saturated heterocycles. The van der Waals surface area contributed by atoms with Gasteiger partial charge in [-0.25, -0.2) is 9.48 Å². The van der Waals surface area contributed by atoms with E-state index in [1.165, 1.54) is 5.57 Å². The number of benzene rings is 3. The molecule has 0 spiro atoms. The number of aliphatic carboxylic acids is 1. The highest BCUT2D eigenvalue weighted by molar-refractivity contribution is 5.95. The maximum absolute atomic E-state index is 11.2. The molecule has 31 heavy (non-hydrogen) atoms. The number of nitrogens with zero attached hydrogens (tertiary/aromatic N) is 2. The van der Waals surface area contributed by atoms with E-state index in [4.69, 9.17) is 10.2 Å². The molecule has 4 heteroatoms. The third kappa shape index (κ3) is 4.19. The summed E-state index contributed by atoms with van der Waals surface area (Å²) in [5, 5.41) is 15.0. The van der Waals surface area contributed by atoms with E-state index in [0.717, 1.165) is 39.7 Å². The first kappa shape index (κ1) is 20.4. The predicted molar refractivity (Wildman–Crippen MR) is 126 cm³/mol. The van der Waals surface area contributed by atoms with Crippen molar-refractivity contribution in [2.24, 2.45) is 0 Å². The smallest absolute Gasteiger partial charge is 0.331 e. The van der Waals surface area contributed by atoms with Crippen molar-refractivity contribution >= 4 is 34.2 Å². The number of carboxylic acids is 1. The van der Waals surface area contributed by atoms with Crippen molar-refractivity contribution < 1.29 is 9.90 Å². The molecule has 4 aromatic rings. The summed E-state index contributed by atoms with van der Waals surface area (Å²) in [4.78, 5) is 11.2. The number of para-hydroxylation sites is 1. The second-order valence-electron chi connectivity index (χ2n) is 7.42. The van der Waals surface area contributed by atoms with Crippen LogP contribution >= 0.6 is 0 Å². The summed E-state index contributed by atoms with van der Waals surface area (Å²) in [6.07, 6.45) is 4.41. The minimum absolute atomic E-state index is 0.306. The van der Waals surface area contributed by atoms with Crippen LogP contribution in [0.3, 0.4) is 0 Å². The van der Waals surface area contributed by atoms with Crippen molar-refractivity contribution in [3.63, 3.8) is 0 Å². The van der Waals surface area contributed by atoms with Crippen LogP contribution in [0.2, 0.25) is 0 Å². The molecule has 0 unspecified atom stereocenters. The molecule has 4 rings (SSSR count). The summed E-state index contributed by atoms with van der Waals surface area (Å²) in [5.74, 6) is -0.912. The fraction of sp³-hybridized carbons (Fsp3) is 0.111.